The van der Waals surface area contributed by atoms with Gasteiger partial charge in [0.1, 0.15) is 6.10 Å². The molecule has 31 heavy (non-hydrogen) atoms. The Morgan fingerprint density at radius 1 is 1.16 bits per heavy atom. The third-order valence-electron chi connectivity index (χ3n) is 5.43. The minimum Gasteiger partial charge on any atom is -0.483 e. The largest absolute Gasteiger partial charge is 0.483 e. The Morgan fingerprint density at radius 2 is 1.94 bits per heavy atom. The molecule has 0 fully saturated rings. The van der Waals surface area contributed by atoms with Crippen LogP contribution in [0.2, 0.25) is 0 Å². The monoisotopic (exact) mass is 415 g/mol. The summed E-state index contributed by atoms with van der Waals surface area (Å²) in [5.41, 5.74) is 11.6. The molecular weight excluding hydrogens is 390 g/mol. The third kappa shape index (κ3) is 4.38. The van der Waals surface area contributed by atoms with Gasteiger partial charge >= 0.3 is 5.97 Å². The summed E-state index contributed by atoms with van der Waals surface area (Å²) in [7, 11) is 1.91. The van der Waals surface area contributed by atoms with E-state index >= 15 is 0 Å². The molecule has 0 aliphatic rings. The fraction of sp³-hybridized carbons (Fsp3) is 0.200. The first-order chi connectivity index (χ1) is 14.9. The van der Waals surface area contributed by atoms with Gasteiger partial charge in [0, 0.05) is 24.4 Å². The molecule has 4 aromatic rings. The first-order valence-corrected chi connectivity index (χ1v) is 10.2. The van der Waals surface area contributed by atoms with Crippen LogP contribution in [0.5, 0.6) is 5.75 Å². The zero-order valence-corrected chi connectivity index (χ0v) is 17.6. The molecule has 1 unspecified atom stereocenters. The molecule has 6 nitrogen and oxygen atoms in total. The Bertz CT molecular complexity index is 1230. The molecular formula is C25H25N3O3. The average molecular weight is 415 g/mol. The molecule has 0 saturated carbocycles. The lowest BCUT2D eigenvalue weighted by Crippen LogP contribution is -2.07. The van der Waals surface area contributed by atoms with Crippen molar-refractivity contribution < 1.29 is 14.6 Å². The van der Waals surface area contributed by atoms with Crippen LogP contribution >= 0.6 is 0 Å². The molecule has 3 aromatic carbocycles. The van der Waals surface area contributed by atoms with E-state index in [1.807, 2.05) is 79.4 Å². The van der Waals surface area contributed by atoms with Crippen LogP contribution in [0.3, 0.4) is 0 Å². The standard InChI is InChI=1S/C25H25N3O3/c1-16(18-6-4-3-5-7-18)31-25-21(12-17(13-22(25)26)8-11-24(29)30)19-9-10-23-20(14-19)15-27-28(23)2/h3-7,9-10,12-16H,8,11,26H2,1-2H3,(H,29,30). The lowest BCUT2D eigenvalue weighted by Gasteiger charge is -2.21. The average Bonchev–Trinajstić information content (AvgIpc) is 3.14. The summed E-state index contributed by atoms with van der Waals surface area (Å²) in [4.78, 5) is 11.1. The maximum atomic E-state index is 11.1. The van der Waals surface area contributed by atoms with Crippen molar-refractivity contribution in [2.75, 3.05) is 5.73 Å². The molecule has 0 amide bonds. The first-order valence-electron chi connectivity index (χ1n) is 10.2. The number of benzene rings is 3. The Labute approximate surface area is 180 Å². The van der Waals surface area contributed by atoms with Gasteiger partial charge in [-0.15, -0.1) is 0 Å². The molecule has 1 heterocycles. The molecule has 0 saturated heterocycles. The van der Waals surface area contributed by atoms with Gasteiger partial charge in [-0.25, -0.2) is 0 Å². The Hall–Kier alpha value is -3.80. The fourth-order valence-corrected chi connectivity index (χ4v) is 3.75. The Kier molecular flexibility index (Phi) is 5.62. The quantitative estimate of drug-likeness (QED) is 0.416. The number of hydrogen-bond donors (Lipinski definition) is 2. The number of aliphatic carboxylic acids is 1. The lowest BCUT2D eigenvalue weighted by atomic mass is 9.97. The Balaban J connectivity index is 1.79. The van der Waals surface area contributed by atoms with Crippen molar-refractivity contribution in [3.8, 4) is 16.9 Å². The summed E-state index contributed by atoms with van der Waals surface area (Å²) < 4.78 is 8.18. The summed E-state index contributed by atoms with van der Waals surface area (Å²) in [6, 6.07) is 19.8. The SMILES string of the molecule is CC(Oc1c(N)cc(CCC(=O)O)cc1-c1ccc2c(cnn2C)c1)c1ccccc1. The molecule has 1 aromatic heterocycles. The van der Waals surface area contributed by atoms with Crippen molar-refractivity contribution in [3.63, 3.8) is 0 Å². The molecule has 158 valence electrons. The van der Waals surface area contributed by atoms with Gasteiger partial charge in [0.2, 0.25) is 0 Å². The van der Waals surface area contributed by atoms with Gasteiger partial charge in [0.15, 0.2) is 5.75 Å². The van der Waals surface area contributed by atoms with E-state index in [2.05, 4.69) is 11.2 Å². The smallest absolute Gasteiger partial charge is 0.303 e. The van der Waals surface area contributed by atoms with Crippen LogP contribution in [-0.4, -0.2) is 20.9 Å². The summed E-state index contributed by atoms with van der Waals surface area (Å²) in [5, 5.41) is 14.4. The van der Waals surface area contributed by atoms with Crippen LogP contribution in [-0.2, 0) is 18.3 Å². The number of carbonyl (C=O) groups is 1. The van der Waals surface area contributed by atoms with Gasteiger partial charge in [-0.05, 0) is 54.3 Å². The minimum atomic E-state index is -0.838. The number of carboxylic acid groups (broad SMARTS) is 1. The van der Waals surface area contributed by atoms with Crippen LogP contribution in [0.25, 0.3) is 22.0 Å². The van der Waals surface area contributed by atoms with Crippen molar-refractivity contribution in [1.29, 1.82) is 0 Å². The molecule has 0 aliphatic heterocycles. The molecule has 0 spiro atoms. The topological polar surface area (TPSA) is 90.4 Å². The van der Waals surface area contributed by atoms with Crippen molar-refractivity contribution in [2.24, 2.45) is 7.05 Å². The number of carboxylic acids is 1. The maximum Gasteiger partial charge on any atom is 0.303 e. The number of anilines is 1. The van der Waals surface area contributed by atoms with Crippen molar-refractivity contribution in [1.82, 2.24) is 9.78 Å². The van der Waals surface area contributed by atoms with Crippen molar-refractivity contribution in [3.05, 3.63) is 78.0 Å². The van der Waals surface area contributed by atoms with Gasteiger partial charge in [0.05, 0.1) is 17.4 Å². The highest BCUT2D eigenvalue weighted by atomic mass is 16.5. The summed E-state index contributed by atoms with van der Waals surface area (Å²) in [6.07, 6.45) is 2.07. The summed E-state index contributed by atoms with van der Waals surface area (Å²) in [6.45, 7) is 1.99. The highest BCUT2D eigenvalue weighted by Gasteiger charge is 2.17. The molecule has 6 heteroatoms. The van der Waals surface area contributed by atoms with E-state index < -0.39 is 5.97 Å². The second-order valence-electron chi connectivity index (χ2n) is 7.67. The summed E-state index contributed by atoms with van der Waals surface area (Å²) in [5.74, 6) is -0.242. The second kappa shape index (κ2) is 8.52. The van der Waals surface area contributed by atoms with E-state index in [4.69, 9.17) is 15.6 Å². The highest BCUT2D eigenvalue weighted by molar-refractivity contribution is 5.87. The van der Waals surface area contributed by atoms with Gasteiger partial charge in [-0.2, -0.15) is 5.10 Å². The van der Waals surface area contributed by atoms with E-state index in [9.17, 15) is 4.79 Å². The van der Waals surface area contributed by atoms with Gasteiger partial charge in [-0.3, -0.25) is 9.48 Å². The van der Waals surface area contributed by atoms with E-state index in [1.54, 1.807) is 0 Å². The van der Waals surface area contributed by atoms with Gasteiger partial charge in [0.25, 0.3) is 0 Å². The van der Waals surface area contributed by atoms with E-state index in [0.717, 1.165) is 33.2 Å². The maximum absolute atomic E-state index is 11.1. The van der Waals surface area contributed by atoms with Gasteiger partial charge < -0.3 is 15.6 Å². The lowest BCUT2D eigenvalue weighted by molar-refractivity contribution is -0.136. The normalized spacial score (nSPS) is 12.1. The summed E-state index contributed by atoms with van der Waals surface area (Å²) >= 11 is 0. The van der Waals surface area contributed by atoms with Crippen molar-refractivity contribution in [2.45, 2.75) is 25.9 Å². The number of nitrogen functional groups attached to an aromatic ring is 1. The van der Waals surface area contributed by atoms with E-state index in [-0.39, 0.29) is 12.5 Å². The number of nitrogens with zero attached hydrogens (tertiary/aromatic N) is 2. The number of rotatable bonds is 7. The molecule has 3 N–H and O–H groups in total. The number of fused-ring (bicyclic) bond motifs is 1. The number of nitrogens with two attached hydrogens (primary N) is 1. The van der Waals surface area contributed by atoms with Crippen molar-refractivity contribution >= 4 is 22.6 Å². The van der Waals surface area contributed by atoms with Crippen LogP contribution in [0.15, 0.2) is 66.9 Å². The molecule has 0 bridgehead atoms. The molecule has 0 aliphatic carbocycles. The minimum absolute atomic E-state index is 0.0428. The van der Waals surface area contributed by atoms with Crippen LogP contribution in [0, 0.1) is 0 Å². The number of ether oxygens (including phenoxy) is 1. The van der Waals surface area contributed by atoms with Crippen LogP contribution < -0.4 is 10.5 Å². The Morgan fingerprint density at radius 3 is 2.68 bits per heavy atom. The zero-order valence-electron chi connectivity index (χ0n) is 17.6. The number of hydrogen-bond acceptors (Lipinski definition) is 4. The number of aromatic nitrogens is 2. The fourth-order valence-electron chi connectivity index (χ4n) is 3.75. The van der Waals surface area contributed by atoms with E-state index in [1.165, 1.54) is 0 Å². The van der Waals surface area contributed by atoms with Crippen LogP contribution in [0.1, 0.15) is 30.6 Å². The first kappa shape index (κ1) is 20.5. The molecule has 4 rings (SSSR count). The predicted octanol–water partition coefficient (Wildman–Crippen LogP) is 4.98. The van der Waals surface area contributed by atoms with E-state index in [0.29, 0.717) is 17.9 Å². The predicted molar refractivity (Wildman–Crippen MR) is 122 cm³/mol. The van der Waals surface area contributed by atoms with Crippen LogP contribution in [0.4, 0.5) is 5.69 Å². The molecule has 1 atom stereocenters. The van der Waals surface area contributed by atoms with Gasteiger partial charge in [-0.1, -0.05) is 36.4 Å². The highest BCUT2D eigenvalue weighted by Crippen LogP contribution is 2.40. The number of aryl methyl sites for hydroxylation is 2. The molecule has 0 radical (unpaired) electrons. The second-order valence-corrected chi connectivity index (χ2v) is 7.67. The third-order valence-corrected chi connectivity index (χ3v) is 5.43. The zero-order chi connectivity index (χ0) is 22.0.